The molecule has 2 N–H and O–H groups in total. The normalized spacial score (nSPS) is 9.95. The number of aliphatic hydroxyl groups is 1. The highest BCUT2D eigenvalue weighted by Crippen LogP contribution is 2.14. The summed E-state index contributed by atoms with van der Waals surface area (Å²) in [7, 11) is 0. The van der Waals surface area contributed by atoms with Gasteiger partial charge in [0.05, 0.1) is 12.2 Å². The predicted molar refractivity (Wildman–Crippen MR) is 73.4 cm³/mol. The molecule has 0 radical (unpaired) electrons. The number of nitrogens with one attached hydrogen (secondary N) is 1. The van der Waals surface area contributed by atoms with E-state index in [1.807, 2.05) is 37.3 Å². The van der Waals surface area contributed by atoms with Crippen molar-refractivity contribution in [3.05, 3.63) is 58.8 Å². The highest BCUT2D eigenvalue weighted by Gasteiger charge is 2.03. The van der Waals surface area contributed by atoms with E-state index in [2.05, 4.69) is 16.4 Å². The molecule has 0 atom stereocenters. The number of hydrogen-bond donors (Lipinski definition) is 2. The van der Waals surface area contributed by atoms with Gasteiger partial charge >= 0.3 is 0 Å². The second-order valence-corrected chi connectivity index (χ2v) is 4.29. The molecule has 0 amide bonds. The fourth-order valence-electron chi connectivity index (χ4n) is 1.73. The van der Waals surface area contributed by atoms with Crippen LogP contribution in [0.15, 0.2) is 36.4 Å². The van der Waals surface area contributed by atoms with E-state index in [-0.39, 0.29) is 6.61 Å². The quantitative estimate of drug-likeness (QED) is 0.877. The number of aryl methyl sites for hydroxylation is 1. The minimum atomic E-state index is 0.0473. The van der Waals surface area contributed by atoms with Crippen molar-refractivity contribution in [3.8, 4) is 6.07 Å². The predicted octanol–water partition coefficient (Wildman–Crippen LogP) is 2.37. The Morgan fingerprint density at radius 2 is 1.84 bits per heavy atom. The first-order valence-corrected chi connectivity index (χ1v) is 6.03. The standard InChI is InChI=1S/C15H15N3O/c1-11-2-7-14(8-16)15(18-11)17-9-12-3-5-13(10-19)6-4-12/h2-7,19H,9-10H2,1H3,(H,17,18). The molecular weight excluding hydrogens is 238 g/mol. The molecule has 0 aliphatic carbocycles. The van der Waals surface area contributed by atoms with Crippen molar-refractivity contribution in [1.29, 1.82) is 5.26 Å². The third kappa shape index (κ3) is 3.30. The van der Waals surface area contributed by atoms with Crippen LogP contribution in [0.1, 0.15) is 22.4 Å². The SMILES string of the molecule is Cc1ccc(C#N)c(NCc2ccc(CO)cc2)n1. The van der Waals surface area contributed by atoms with Gasteiger partial charge in [-0.25, -0.2) is 4.98 Å². The summed E-state index contributed by atoms with van der Waals surface area (Å²) in [5.74, 6) is 0.605. The largest absolute Gasteiger partial charge is 0.392 e. The van der Waals surface area contributed by atoms with E-state index in [0.717, 1.165) is 16.8 Å². The fraction of sp³-hybridized carbons (Fsp3) is 0.200. The van der Waals surface area contributed by atoms with E-state index in [0.29, 0.717) is 17.9 Å². The van der Waals surface area contributed by atoms with Gasteiger partial charge in [-0.15, -0.1) is 0 Å². The minimum Gasteiger partial charge on any atom is -0.392 e. The molecule has 0 spiro atoms. The number of nitriles is 1. The van der Waals surface area contributed by atoms with Crippen molar-refractivity contribution in [2.24, 2.45) is 0 Å². The molecule has 96 valence electrons. The Kier molecular flexibility index (Phi) is 4.11. The number of aliphatic hydroxyl groups excluding tert-OH is 1. The van der Waals surface area contributed by atoms with Crippen LogP contribution in [-0.2, 0) is 13.2 Å². The first-order chi connectivity index (χ1) is 9.22. The van der Waals surface area contributed by atoms with Crippen LogP contribution in [0.3, 0.4) is 0 Å². The molecule has 0 bridgehead atoms. The lowest BCUT2D eigenvalue weighted by molar-refractivity contribution is 0.282. The van der Waals surface area contributed by atoms with Crippen molar-refractivity contribution >= 4 is 5.82 Å². The molecule has 2 rings (SSSR count). The van der Waals surface area contributed by atoms with E-state index in [9.17, 15) is 0 Å². The number of rotatable bonds is 4. The first kappa shape index (κ1) is 13.1. The minimum absolute atomic E-state index is 0.0473. The van der Waals surface area contributed by atoms with Crippen molar-refractivity contribution < 1.29 is 5.11 Å². The van der Waals surface area contributed by atoms with Gasteiger partial charge in [0, 0.05) is 12.2 Å². The number of aromatic nitrogens is 1. The summed E-state index contributed by atoms with van der Waals surface area (Å²) in [5, 5.41) is 21.2. The summed E-state index contributed by atoms with van der Waals surface area (Å²) in [6.45, 7) is 2.53. The maximum absolute atomic E-state index is 9.02. The monoisotopic (exact) mass is 253 g/mol. The van der Waals surface area contributed by atoms with Gasteiger partial charge in [0.2, 0.25) is 0 Å². The van der Waals surface area contributed by atoms with Crippen LogP contribution in [-0.4, -0.2) is 10.1 Å². The number of pyridine rings is 1. The van der Waals surface area contributed by atoms with E-state index < -0.39 is 0 Å². The van der Waals surface area contributed by atoms with Gasteiger partial charge in [-0.1, -0.05) is 24.3 Å². The molecule has 1 heterocycles. The van der Waals surface area contributed by atoms with Crippen LogP contribution in [0.2, 0.25) is 0 Å². The summed E-state index contributed by atoms with van der Waals surface area (Å²) >= 11 is 0. The number of hydrogen-bond acceptors (Lipinski definition) is 4. The molecule has 0 aliphatic rings. The Balaban J connectivity index is 2.09. The third-order valence-electron chi connectivity index (χ3n) is 2.82. The van der Waals surface area contributed by atoms with Crippen molar-refractivity contribution in [3.63, 3.8) is 0 Å². The highest BCUT2D eigenvalue weighted by molar-refractivity contribution is 5.52. The second-order valence-electron chi connectivity index (χ2n) is 4.29. The Morgan fingerprint density at radius 1 is 1.16 bits per heavy atom. The molecule has 1 aromatic carbocycles. The van der Waals surface area contributed by atoms with Crippen LogP contribution in [0, 0.1) is 18.3 Å². The smallest absolute Gasteiger partial charge is 0.144 e. The summed E-state index contributed by atoms with van der Waals surface area (Å²) in [5.41, 5.74) is 3.37. The molecule has 4 heteroatoms. The van der Waals surface area contributed by atoms with Gasteiger partial charge < -0.3 is 10.4 Å². The van der Waals surface area contributed by atoms with Gasteiger partial charge in [0.15, 0.2) is 0 Å². The highest BCUT2D eigenvalue weighted by atomic mass is 16.3. The number of nitrogens with zero attached hydrogens (tertiary/aromatic N) is 2. The Morgan fingerprint density at radius 3 is 2.47 bits per heavy atom. The average Bonchev–Trinajstić information content (AvgIpc) is 2.46. The zero-order valence-corrected chi connectivity index (χ0v) is 10.7. The second kappa shape index (κ2) is 5.98. The van der Waals surface area contributed by atoms with E-state index in [4.69, 9.17) is 10.4 Å². The number of anilines is 1. The van der Waals surface area contributed by atoms with Crippen molar-refractivity contribution in [2.75, 3.05) is 5.32 Å². The lowest BCUT2D eigenvalue weighted by atomic mass is 10.1. The van der Waals surface area contributed by atoms with Crippen LogP contribution in [0.25, 0.3) is 0 Å². The number of benzene rings is 1. The summed E-state index contributed by atoms with van der Waals surface area (Å²) in [6.07, 6.45) is 0. The van der Waals surface area contributed by atoms with Crippen molar-refractivity contribution in [2.45, 2.75) is 20.1 Å². The molecule has 0 fully saturated rings. The molecule has 2 aromatic rings. The third-order valence-corrected chi connectivity index (χ3v) is 2.82. The van der Waals surface area contributed by atoms with Crippen LogP contribution in [0.5, 0.6) is 0 Å². The maximum Gasteiger partial charge on any atom is 0.144 e. The van der Waals surface area contributed by atoms with E-state index in [1.165, 1.54) is 0 Å². The molecule has 0 unspecified atom stereocenters. The molecule has 0 saturated heterocycles. The fourth-order valence-corrected chi connectivity index (χ4v) is 1.73. The van der Waals surface area contributed by atoms with Crippen LogP contribution >= 0.6 is 0 Å². The van der Waals surface area contributed by atoms with E-state index in [1.54, 1.807) is 6.07 Å². The molecular formula is C15H15N3O. The van der Waals surface area contributed by atoms with Gasteiger partial charge in [-0.05, 0) is 30.2 Å². The van der Waals surface area contributed by atoms with E-state index >= 15 is 0 Å². The van der Waals surface area contributed by atoms with Gasteiger partial charge in [-0.3, -0.25) is 0 Å². The Hall–Kier alpha value is -2.38. The zero-order chi connectivity index (χ0) is 13.7. The summed E-state index contributed by atoms with van der Waals surface area (Å²) < 4.78 is 0. The van der Waals surface area contributed by atoms with Gasteiger partial charge in [0.25, 0.3) is 0 Å². The molecule has 0 aliphatic heterocycles. The molecule has 0 saturated carbocycles. The van der Waals surface area contributed by atoms with Gasteiger partial charge in [0.1, 0.15) is 11.9 Å². The first-order valence-electron chi connectivity index (χ1n) is 6.03. The summed E-state index contributed by atoms with van der Waals surface area (Å²) in [4.78, 5) is 4.32. The average molecular weight is 253 g/mol. The summed E-state index contributed by atoms with van der Waals surface area (Å²) in [6, 6.07) is 13.4. The molecule has 1 aromatic heterocycles. The van der Waals surface area contributed by atoms with Crippen molar-refractivity contribution in [1.82, 2.24) is 4.98 Å². The maximum atomic E-state index is 9.02. The van der Waals surface area contributed by atoms with Gasteiger partial charge in [-0.2, -0.15) is 5.26 Å². The zero-order valence-electron chi connectivity index (χ0n) is 10.7. The van der Waals surface area contributed by atoms with Crippen LogP contribution in [0.4, 0.5) is 5.82 Å². The molecule has 19 heavy (non-hydrogen) atoms. The molecule has 4 nitrogen and oxygen atoms in total. The topological polar surface area (TPSA) is 68.9 Å². The lowest BCUT2D eigenvalue weighted by Gasteiger charge is -2.08. The Bertz CT molecular complexity index is 600. The lowest BCUT2D eigenvalue weighted by Crippen LogP contribution is -2.04. The van der Waals surface area contributed by atoms with Crippen LogP contribution < -0.4 is 5.32 Å². The Labute approximate surface area is 112 Å².